The van der Waals surface area contributed by atoms with Crippen molar-refractivity contribution in [3.05, 3.63) is 39.4 Å². The fourth-order valence-electron chi connectivity index (χ4n) is 1.71. The fourth-order valence-corrected chi connectivity index (χ4v) is 2.03. The zero-order chi connectivity index (χ0) is 13.4. The van der Waals surface area contributed by atoms with Crippen LogP contribution in [0.3, 0.4) is 0 Å². The van der Waals surface area contributed by atoms with Crippen LogP contribution in [0.4, 0.5) is 0 Å². The standard InChI is InChI=1S/C12H12BrN3O2/c1-6-7(2)15-16(8(6)3)10-4-9(13)5-14-11(10)12(17)18/h4-5H,1-3H3,(H,17,18). The number of carboxylic acids is 1. The van der Waals surface area contributed by atoms with Crippen LogP contribution in [0.15, 0.2) is 16.7 Å². The van der Waals surface area contributed by atoms with Crippen molar-refractivity contribution < 1.29 is 9.90 Å². The SMILES string of the molecule is Cc1nn(-c2cc(Br)cnc2C(=O)O)c(C)c1C. The van der Waals surface area contributed by atoms with Gasteiger partial charge in [0.25, 0.3) is 0 Å². The van der Waals surface area contributed by atoms with Crippen LogP contribution in [0, 0.1) is 20.8 Å². The Bertz CT molecular complexity index is 634. The van der Waals surface area contributed by atoms with Crippen LogP contribution in [0.25, 0.3) is 5.69 Å². The summed E-state index contributed by atoms with van der Waals surface area (Å²) in [6, 6.07) is 1.70. The first-order valence-corrected chi connectivity index (χ1v) is 6.13. The topological polar surface area (TPSA) is 68.0 Å². The van der Waals surface area contributed by atoms with Crippen molar-refractivity contribution in [1.29, 1.82) is 0 Å². The summed E-state index contributed by atoms with van der Waals surface area (Å²) >= 11 is 3.30. The van der Waals surface area contributed by atoms with Gasteiger partial charge in [0.15, 0.2) is 5.69 Å². The molecule has 2 rings (SSSR count). The Morgan fingerprint density at radius 2 is 2.06 bits per heavy atom. The molecule has 0 aliphatic heterocycles. The maximum atomic E-state index is 11.2. The number of carbonyl (C=O) groups is 1. The van der Waals surface area contributed by atoms with Crippen LogP contribution >= 0.6 is 15.9 Å². The fraction of sp³-hybridized carbons (Fsp3) is 0.250. The smallest absolute Gasteiger partial charge is 0.356 e. The molecule has 2 aromatic rings. The van der Waals surface area contributed by atoms with E-state index in [0.29, 0.717) is 10.2 Å². The first kappa shape index (κ1) is 12.8. The summed E-state index contributed by atoms with van der Waals surface area (Å²) in [4.78, 5) is 15.1. The molecule has 0 aliphatic rings. The lowest BCUT2D eigenvalue weighted by Crippen LogP contribution is -2.10. The molecule has 18 heavy (non-hydrogen) atoms. The average molecular weight is 310 g/mol. The van der Waals surface area contributed by atoms with Crippen molar-refractivity contribution in [2.75, 3.05) is 0 Å². The molecule has 0 amide bonds. The van der Waals surface area contributed by atoms with E-state index in [-0.39, 0.29) is 5.69 Å². The molecule has 0 bridgehead atoms. The molecule has 0 unspecified atom stereocenters. The lowest BCUT2D eigenvalue weighted by molar-refractivity contribution is 0.0690. The van der Waals surface area contributed by atoms with Gasteiger partial charge in [-0.3, -0.25) is 0 Å². The van der Waals surface area contributed by atoms with Gasteiger partial charge in [0.2, 0.25) is 0 Å². The molecule has 0 radical (unpaired) electrons. The van der Waals surface area contributed by atoms with E-state index in [1.54, 1.807) is 10.7 Å². The maximum absolute atomic E-state index is 11.2. The van der Waals surface area contributed by atoms with Crippen LogP contribution in [-0.4, -0.2) is 25.8 Å². The summed E-state index contributed by atoms with van der Waals surface area (Å²) in [5.74, 6) is -1.07. The van der Waals surface area contributed by atoms with Gasteiger partial charge < -0.3 is 5.11 Å². The molecule has 0 saturated heterocycles. The highest BCUT2D eigenvalue weighted by Gasteiger charge is 2.17. The molecule has 0 atom stereocenters. The Morgan fingerprint density at radius 3 is 2.56 bits per heavy atom. The van der Waals surface area contributed by atoms with Gasteiger partial charge >= 0.3 is 5.97 Å². The molecular formula is C12H12BrN3O2. The third-order valence-corrected chi connectivity index (χ3v) is 3.35. The predicted octanol–water partition coefficient (Wildman–Crippen LogP) is 2.65. The largest absolute Gasteiger partial charge is 0.476 e. The molecule has 1 N–H and O–H groups in total. The van der Waals surface area contributed by atoms with Gasteiger partial charge in [-0.1, -0.05) is 0 Å². The normalized spacial score (nSPS) is 10.7. The van der Waals surface area contributed by atoms with Gasteiger partial charge in [-0.2, -0.15) is 5.10 Å². The van der Waals surface area contributed by atoms with E-state index in [1.165, 1.54) is 6.20 Å². The maximum Gasteiger partial charge on any atom is 0.356 e. The number of aromatic carboxylic acids is 1. The summed E-state index contributed by atoms with van der Waals surface area (Å²) in [5.41, 5.74) is 3.29. The van der Waals surface area contributed by atoms with E-state index < -0.39 is 5.97 Å². The minimum absolute atomic E-state index is 0.0104. The summed E-state index contributed by atoms with van der Waals surface area (Å²) in [5, 5.41) is 13.5. The Labute approximate surface area is 113 Å². The van der Waals surface area contributed by atoms with Gasteiger partial charge in [0, 0.05) is 16.4 Å². The molecular weight excluding hydrogens is 298 g/mol. The number of carboxylic acid groups (broad SMARTS) is 1. The molecule has 94 valence electrons. The van der Waals surface area contributed by atoms with Gasteiger partial charge in [0.05, 0.1) is 11.4 Å². The van der Waals surface area contributed by atoms with Crippen LogP contribution in [0.5, 0.6) is 0 Å². The van der Waals surface area contributed by atoms with Crippen molar-refractivity contribution in [2.45, 2.75) is 20.8 Å². The first-order chi connectivity index (χ1) is 8.41. The number of aryl methyl sites for hydroxylation is 1. The van der Waals surface area contributed by atoms with Gasteiger partial charge in [0.1, 0.15) is 0 Å². The highest BCUT2D eigenvalue weighted by atomic mass is 79.9. The van der Waals surface area contributed by atoms with E-state index in [1.807, 2.05) is 20.8 Å². The van der Waals surface area contributed by atoms with Gasteiger partial charge in [-0.15, -0.1) is 0 Å². The van der Waals surface area contributed by atoms with E-state index in [0.717, 1.165) is 17.0 Å². The summed E-state index contributed by atoms with van der Waals surface area (Å²) in [6.45, 7) is 5.76. The number of pyridine rings is 1. The minimum Gasteiger partial charge on any atom is -0.476 e. The van der Waals surface area contributed by atoms with Crippen LogP contribution < -0.4 is 0 Å². The van der Waals surface area contributed by atoms with Crippen molar-refractivity contribution in [1.82, 2.24) is 14.8 Å². The molecule has 0 saturated carbocycles. The number of nitrogens with zero attached hydrogens (tertiary/aromatic N) is 3. The quantitative estimate of drug-likeness (QED) is 0.926. The highest BCUT2D eigenvalue weighted by molar-refractivity contribution is 9.10. The van der Waals surface area contributed by atoms with Crippen molar-refractivity contribution in [3.8, 4) is 5.69 Å². The lowest BCUT2D eigenvalue weighted by atomic mass is 10.2. The second-order valence-electron chi connectivity index (χ2n) is 4.03. The first-order valence-electron chi connectivity index (χ1n) is 5.34. The summed E-state index contributed by atoms with van der Waals surface area (Å²) < 4.78 is 2.33. The molecule has 0 aliphatic carbocycles. The Morgan fingerprint density at radius 1 is 1.39 bits per heavy atom. The molecule has 2 heterocycles. The van der Waals surface area contributed by atoms with E-state index >= 15 is 0 Å². The summed E-state index contributed by atoms with van der Waals surface area (Å²) in [6.07, 6.45) is 1.46. The third kappa shape index (κ3) is 2.03. The zero-order valence-electron chi connectivity index (χ0n) is 10.2. The van der Waals surface area contributed by atoms with Crippen molar-refractivity contribution in [2.24, 2.45) is 0 Å². The number of rotatable bonds is 2. The monoisotopic (exact) mass is 309 g/mol. The minimum atomic E-state index is -1.07. The zero-order valence-corrected chi connectivity index (χ0v) is 11.8. The lowest BCUT2D eigenvalue weighted by Gasteiger charge is -2.08. The van der Waals surface area contributed by atoms with E-state index in [4.69, 9.17) is 5.11 Å². The average Bonchev–Trinajstić information content (AvgIpc) is 2.56. The highest BCUT2D eigenvalue weighted by Crippen LogP contribution is 2.22. The van der Waals surface area contributed by atoms with E-state index in [2.05, 4.69) is 26.0 Å². The van der Waals surface area contributed by atoms with Crippen LogP contribution in [0.1, 0.15) is 27.4 Å². The van der Waals surface area contributed by atoms with Gasteiger partial charge in [-0.05, 0) is 48.3 Å². The van der Waals surface area contributed by atoms with E-state index in [9.17, 15) is 4.79 Å². The number of halogens is 1. The predicted molar refractivity (Wildman–Crippen MR) is 70.2 cm³/mol. The number of hydrogen-bond donors (Lipinski definition) is 1. The second-order valence-corrected chi connectivity index (χ2v) is 4.95. The Balaban J connectivity index is 2.73. The summed E-state index contributed by atoms with van der Waals surface area (Å²) in [7, 11) is 0. The molecule has 0 spiro atoms. The Hall–Kier alpha value is -1.69. The van der Waals surface area contributed by atoms with Gasteiger partial charge in [-0.25, -0.2) is 14.5 Å². The van der Waals surface area contributed by atoms with Crippen LogP contribution in [0.2, 0.25) is 0 Å². The molecule has 2 aromatic heterocycles. The van der Waals surface area contributed by atoms with Crippen LogP contribution in [-0.2, 0) is 0 Å². The third-order valence-electron chi connectivity index (χ3n) is 2.92. The molecule has 0 fully saturated rings. The Kier molecular flexibility index (Phi) is 3.21. The second kappa shape index (κ2) is 4.53. The number of hydrogen-bond acceptors (Lipinski definition) is 3. The van der Waals surface area contributed by atoms with Crippen molar-refractivity contribution in [3.63, 3.8) is 0 Å². The molecule has 5 nitrogen and oxygen atoms in total. The van der Waals surface area contributed by atoms with Crippen molar-refractivity contribution >= 4 is 21.9 Å². The molecule has 0 aromatic carbocycles. The molecule has 6 heteroatoms. The number of aromatic nitrogens is 3.